The number of halogens is 1. The van der Waals surface area contributed by atoms with Crippen LogP contribution in [0, 0.1) is 0 Å². The number of amides is 1. The summed E-state index contributed by atoms with van der Waals surface area (Å²) < 4.78 is 7.23. The van der Waals surface area contributed by atoms with Crippen LogP contribution in [0.4, 0.5) is 0 Å². The Hall–Kier alpha value is -1.95. The topological polar surface area (TPSA) is 83.8 Å². The number of guanidine groups is 1. The van der Waals surface area contributed by atoms with E-state index in [1.54, 1.807) is 42.5 Å². The molecule has 1 aromatic carbocycles. The maximum Gasteiger partial charge on any atom is 0.241 e. The van der Waals surface area contributed by atoms with Crippen LogP contribution < -0.4 is 15.4 Å². The van der Waals surface area contributed by atoms with Gasteiger partial charge in [-0.2, -0.15) is 5.10 Å². The minimum atomic E-state index is -0.0173. The van der Waals surface area contributed by atoms with Gasteiger partial charge < -0.3 is 20.3 Å². The lowest BCUT2D eigenvalue weighted by Crippen LogP contribution is -2.43. The van der Waals surface area contributed by atoms with E-state index in [4.69, 9.17) is 4.74 Å². The molecule has 0 unspecified atom stereocenters. The number of hydrogen-bond donors (Lipinski definition) is 2. The fourth-order valence-corrected chi connectivity index (χ4v) is 3.60. The highest BCUT2D eigenvalue weighted by molar-refractivity contribution is 14.0. The molecule has 0 aliphatic carbocycles. The van der Waals surface area contributed by atoms with Crippen molar-refractivity contribution in [3.05, 3.63) is 41.6 Å². The summed E-state index contributed by atoms with van der Waals surface area (Å²) in [6, 6.07) is 10.3. The quantitative estimate of drug-likeness (QED) is 0.153. The number of ether oxygens (including phenoxy) is 1. The number of aliphatic imine (C=N–C) groups is 1. The molecule has 31 heavy (non-hydrogen) atoms. The highest BCUT2D eigenvalue weighted by Crippen LogP contribution is 2.22. The molecule has 0 saturated heterocycles. The molecule has 0 spiro atoms. The number of thioether (sulfide) groups is 1. The summed E-state index contributed by atoms with van der Waals surface area (Å²) in [7, 11) is 6.97. The number of nitrogens with zero attached hydrogens (tertiary/aromatic N) is 4. The Morgan fingerprint density at radius 2 is 1.97 bits per heavy atom. The third-order valence-corrected chi connectivity index (χ3v) is 5.42. The number of aryl methyl sites for hydroxylation is 2. The molecule has 0 saturated carbocycles. The van der Waals surface area contributed by atoms with Gasteiger partial charge in [0.25, 0.3) is 0 Å². The van der Waals surface area contributed by atoms with Crippen molar-refractivity contribution in [1.29, 1.82) is 0 Å². The molecule has 8 nitrogen and oxygen atoms in total. The van der Waals surface area contributed by atoms with Gasteiger partial charge >= 0.3 is 0 Å². The summed E-state index contributed by atoms with van der Waals surface area (Å²) in [6.45, 7) is 3.36. The van der Waals surface area contributed by atoms with Crippen molar-refractivity contribution in [2.75, 3.05) is 40.0 Å². The summed E-state index contributed by atoms with van der Waals surface area (Å²) in [5.74, 6) is 2.16. The summed E-state index contributed by atoms with van der Waals surface area (Å²) in [5.41, 5.74) is 1.92. The van der Waals surface area contributed by atoms with E-state index < -0.39 is 0 Å². The van der Waals surface area contributed by atoms with Crippen molar-refractivity contribution in [2.45, 2.75) is 24.8 Å². The molecule has 2 N–H and O–H groups in total. The molecule has 0 fully saturated rings. The first-order valence-corrected chi connectivity index (χ1v) is 10.9. The normalized spacial score (nSPS) is 10.9. The summed E-state index contributed by atoms with van der Waals surface area (Å²) in [4.78, 5) is 19.4. The Balaban J connectivity index is 0.00000480. The molecule has 0 radical (unpaired) electrons. The second-order valence-electron chi connectivity index (χ2n) is 6.81. The lowest BCUT2D eigenvalue weighted by molar-refractivity contribution is -0.127. The summed E-state index contributed by atoms with van der Waals surface area (Å²) in [6.07, 6.45) is 0.797. The fraction of sp³-hybridized carbons (Fsp3) is 0.476. The number of carbonyl (C=O) groups excluding carboxylic acids is 1. The van der Waals surface area contributed by atoms with Crippen molar-refractivity contribution in [1.82, 2.24) is 25.3 Å². The van der Waals surface area contributed by atoms with Crippen molar-refractivity contribution < 1.29 is 9.53 Å². The van der Waals surface area contributed by atoms with Crippen LogP contribution in [0.3, 0.4) is 0 Å². The third-order valence-electron chi connectivity index (χ3n) is 4.41. The van der Waals surface area contributed by atoms with Crippen LogP contribution in [-0.4, -0.2) is 66.6 Å². The Morgan fingerprint density at radius 3 is 2.58 bits per heavy atom. The molecule has 0 bridgehead atoms. The first kappa shape index (κ1) is 27.1. The lowest BCUT2D eigenvalue weighted by atomic mass is 10.2. The number of likely N-dealkylation sites (N-methyl/N-ethyl adjacent to an activating group) is 1. The zero-order valence-electron chi connectivity index (χ0n) is 18.8. The Morgan fingerprint density at radius 1 is 1.26 bits per heavy atom. The van der Waals surface area contributed by atoms with Gasteiger partial charge in [0.2, 0.25) is 11.8 Å². The van der Waals surface area contributed by atoms with Crippen LogP contribution in [0.1, 0.15) is 18.2 Å². The van der Waals surface area contributed by atoms with E-state index in [0.29, 0.717) is 24.9 Å². The van der Waals surface area contributed by atoms with Crippen molar-refractivity contribution >= 4 is 47.6 Å². The van der Waals surface area contributed by atoms with E-state index in [2.05, 4.69) is 39.8 Å². The van der Waals surface area contributed by atoms with E-state index in [1.807, 2.05) is 25.2 Å². The molecule has 0 atom stereocenters. The second-order valence-corrected chi connectivity index (χ2v) is 7.97. The molecule has 1 aromatic heterocycles. The van der Waals surface area contributed by atoms with Gasteiger partial charge in [0.15, 0.2) is 5.96 Å². The SMILES string of the molecule is CCc1nn(C)c(OC)c1CN=C(NCCSc1ccccc1)NCC(=O)N(C)C.I. The van der Waals surface area contributed by atoms with E-state index in [9.17, 15) is 4.79 Å². The number of benzene rings is 1. The van der Waals surface area contributed by atoms with Gasteiger partial charge in [-0.1, -0.05) is 25.1 Å². The van der Waals surface area contributed by atoms with Crippen molar-refractivity contribution in [3.63, 3.8) is 0 Å². The van der Waals surface area contributed by atoms with Crippen LogP contribution in [0.25, 0.3) is 0 Å². The van der Waals surface area contributed by atoms with Crippen LogP contribution in [-0.2, 0) is 24.8 Å². The van der Waals surface area contributed by atoms with E-state index in [-0.39, 0.29) is 36.4 Å². The molecule has 2 rings (SSSR count). The van der Waals surface area contributed by atoms with Gasteiger partial charge in [-0.05, 0) is 18.6 Å². The zero-order chi connectivity index (χ0) is 21.9. The predicted octanol–water partition coefficient (Wildman–Crippen LogP) is 2.52. The average molecular weight is 561 g/mol. The number of methoxy groups -OCH3 is 1. The standard InChI is InChI=1S/C21H32N6O2S.HI/c1-6-18-17(20(29-5)27(4)25-18)14-23-21(24-15-19(28)26(2)3)22-12-13-30-16-10-8-7-9-11-16;/h7-11H,6,12-15H2,1-5H3,(H2,22,23,24);1H. The molecule has 0 aliphatic heterocycles. The Kier molecular flexibility index (Phi) is 12.4. The molecule has 172 valence electrons. The van der Waals surface area contributed by atoms with Gasteiger partial charge in [-0.25, -0.2) is 9.67 Å². The van der Waals surface area contributed by atoms with E-state index in [0.717, 1.165) is 23.4 Å². The van der Waals surface area contributed by atoms with Gasteiger partial charge in [0.05, 0.1) is 31.5 Å². The van der Waals surface area contributed by atoms with Gasteiger partial charge in [0.1, 0.15) is 0 Å². The average Bonchev–Trinajstić information content (AvgIpc) is 3.07. The smallest absolute Gasteiger partial charge is 0.241 e. The number of nitrogens with one attached hydrogen (secondary N) is 2. The maximum absolute atomic E-state index is 12.0. The monoisotopic (exact) mass is 560 g/mol. The van der Waals surface area contributed by atoms with Crippen molar-refractivity contribution in [2.24, 2.45) is 12.0 Å². The van der Waals surface area contributed by atoms with Gasteiger partial charge in [-0.3, -0.25) is 4.79 Å². The minimum absolute atomic E-state index is 0. The largest absolute Gasteiger partial charge is 0.481 e. The molecular formula is C21H33IN6O2S. The summed E-state index contributed by atoms with van der Waals surface area (Å²) in [5, 5.41) is 10.9. The van der Waals surface area contributed by atoms with E-state index >= 15 is 0 Å². The van der Waals surface area contributed by atoms with E-state index in [1.165, 1.54) is 4.90 Å². The Bertz CT molecular complexity index is 842. The zero-order valence-corrected chi connectivity index (χ0v) is 22.0. The predicted molar refractivity (Wildman–Crippen MR) is 138 cm³/mol. The summed E-state index contributed by atoms with van der Waals surface area (Å²) >= 11 is 1.77. The van der Waals surface area contributed by atoms with Crippen molar-refractivity contribution in [3.8, 4) is 5.88 Å². The highest BCUT2D eigenvalue weighted by atomic mass is 127. The van der Waals surface area contributed by atoms with Crippen LogP contribution in [0.15, 0.2) is 40.2 Å². The maximum atomic E-state index is 12.0. The minimum Gasteiger partial charge on any atom is -0.481 e. The van der Waals surface area contributed by atoms with Gasteiger partial charge in [-0.15, -0.1) is 35.7 Å². The molecule has 1 heterocycles. The Labute approximate surface area is 206 Å². The molecule has 1 amide bonds. The first-order valence-electron chi connectivity index (χ1n) is 9.95. The van der Waals surface area contributed by atoms with Crippen LogP contribution in [0.2, 0.25) is 0 Å². The number of rotatable bonds is 10. The highest BCUT2D eigenvalue weighted by Gasteiger charge is 2.15. The third kappa shape index (κ3) is 8.60. The van der Waals surface area contributed by atoms with Crippen LogP contribution in [0.5, 0.6) is 5.88 Å². The number of hydrogen-bond acceptors (Lipinski definition) is 5. The molecular weight excluding hydrogens is 527 g/mol. The number of carbonyl (C=O) groups is 1. The lowest BCUT2D eigenvalue weighted by Gasteiger charge is -2.15. The molecule has 10 heteroatoms. The number of aromatic nitrogens is 2. The fourth-order valence-electron chi connectivity index (χ4n) is 2.81. The molecule has 0 aliphatic rings. The van der Waals surface area contributed by atoms with Crippen LogP contribution >= 0.6 is 35.7 Å². The van der Waals surface area contributed by atoms with Gasteiger partial charge in [0, 0.05) is 38.3 Å². The first-order chi connectivity index (χ1) is 14.5. The molecule has 2 aromatic rings. The second kappa shape index (κ2) is 14.2.